The number of hydrogen-bond donors (Lipinski definition) is 0. The van der Waals surface area contributed by atoms with Crippen molar-refractivity contribution in [2.24, 2.45) is 0 Å². The highest BCUT2D eigenvalue weighted by atomic mass is 16.5. The van der Waals surface area contributed by atoms with Gasteiger partial charge in [0.05, 0.1) is 12.2 Å². The van der Waals surface area contributed by atoms with Crippen molar-refractivity contribution >= 4 is 17.4 Å². The Hall–Kier alpha value is -1.84. The van der Waals surface area contributed by atoms with Crippen LogP contribution in [0.4, 0.5) is 5.69 Å². The number of benzene rings is 1. The summed E-state index contributed by atoms with van der Waals surface area (Å²) >= 11 is 0. The molecular weight excluding hydrogens is 218 g/mol. The van der Waals surface area contributed by atoms with Crippen molar-refractivity contribution in [3.63, 3.8) is 0 Å². The Morgan fingerprint density at radius 2 is 1.94 bits per heavy atom. The van der Waals surface area contributed by atoms with E-state index in [0.717, 1.165) is 11.3 Å². The van der Waals surface area contributed by atoms with E-state index in [-0.39, 0.29) is 6.61 Å². The van der Waals surface area contributed by atoms with Crippen LogP contribution < -0.4 is 4.90 Å². The van der Waals surface area contributed by atoms with Crippen LogP contribution in [0.5, 0.6) is 0 Å². The maximum absolute atomic E-state index is 11.9. The van der Waals surface area contributed by atoms with Crippen molar-refractivity contribution in [3.8, 4) is 0 Å². The number of ketones is 1. The molecule has 17 heavy (non-hydrogen) atoms. The fraction of sp³-hybridized carbons (Fsp3) is 0.385. The standard InChI is InChI=1S/C13H17NO3/c1-5-17-13(16)12(15)10-7-6-9(2)8-11(10)14(3)4/h6-8H,5H2,1-4H3. The van der Waals surface area contributed by atoms with Gasteiger partial charge in [-0.2, -0.15) is 0 Å². The quantitative estimate of drug-likeness (QED) is 0.453. The van der Waals surface area contributed by atoms with Gasteiger partial charge < -0.3 is 9.64 Å². The van der Waals surface area contributed by atoms with E-state index in [2.05, 4.69) is 0 Å². The highest BCUT2D eigenvalue weighted by Gasteiger charge is 2.21. The summed E-state index contributed by atoms with van der Waals surface area (Å²) in [6, 6.07) is 5.33. The molecule has 4 heteroatoms. The van der Waals surface area contributed by atoms with Crippen LogP contribution in [0.2, 0.25) is 0 Å². The van der Waals surface area contributed by atoms with Gasteiger partial charge in [-0.25, -0.2) is 4.79 Å². The van der Waals surface area contributed by atoms with E-state index in [4.69, 9.17) is 4.74 Å². The molecular formula is C13H17NO3. The van der Waals surface area contributed by atoms with Crippen molar-refractivity contribution in [2.45, 2.75) is 13.8 Å². The van der Waals surface area contributed by atoms with Crippen molar-refractivity contribution < 1.29 is 14.3 Å². The molecule has 1 aromatic carbocycles. The van der Waals surface area contributed by atoms with E-state index < -0.39 is 11.8 Å². The smallest absolute Gasteiger partial charge is 0.379 e. The Morgan fingerprint density at radius 1 is 1.29 bits per heavy atom. The summed E-state index contributed by atoms with van der Waals surface area (Å²) in [7, 11) is 3.66. The second-order valence-corrected chi connectivity index (χ2v) is 3.96. The van der Waals surface area contributed by atoms with Gasteiger partial charge in [0.2, 0.25) is 0 Å². The Kier molecular flexibility index (Phi) is 4.26. The van der Waals surface area contributed by atoms with Gasteiger partial charge in [0.15, 0.2) is 0 Å². The average molecular weight is 235 g/mol. The predicted octanol–water partition coefficient (Wildman–Crippen LogP) is 1.81. The fourth-order valence-corrected chi connectivity index (χ4v) is 1.51. The normalized spacial score (nSPS) is 9.88. The molecule has 0 atom stereocenters. The summed E-state index contributed by atoms with van der Waals surface area (Å²) in [5.41, 5.74) is 2.14. The molecule has 0 fully saturated rings. The summed E-state index contributed by atoms with van der Waals surface area (Å²) < 4.78 is 4.72. The van der Waals surface area contributed by atoms with Crippen LogP contribution in [0.3, 0.4) is 0 Å². The lowest BCUT2D eigenvalue weighted by molar-refractivity contribution is -0.137. The molecule has 0 radical (unpaired) electrons. The largest absolute Gasteiger partial charge is 0.460 e. The van der Waals surface area contributed by atoms with Gasteiger partial charge in [0.25, 0.3) is 5.78 Å². The van der Waals surface area contributed by atoms with E-state index in [1.54, 1.807) is 24.0 Å². The Labute approximate surface area is 101 Å². The van der Waals surface area contributed by atoms with Gasteiger partial charge in [-0.3, -0.25) is 4.79 Å². The van der Waals surface area contributed by atoms with Crippen molar-refractivity contribution in [2.75, 3.05) is 25.6 Å². The number of carbonyl (C=O) groups is 2. The molecule has 0 N–H and O–H groups in total. The summed E-state index contributed by atoms with van der Waals surface area (Å²) in [6.45, 7) is 3.81. The second kappa shape index (κ2) is 5.48. The molecule has 0 saturated carbocycles. The first-order valence-corrected chi connectivity index (χ1v) is 5.46. The van der Waals surface area contributed by atoms with Gasteiger partial charge in [-0.05, 0) is 31.5 Å². The zero-order valence-corrected chi connectivity index (χ0v) is 10.6. The zero-order valence-electron chi connectivity index (χ0n) is 10.6. The third kappa shape index (κ3) is 3.06. The lowest BCUT2D eigenvalue weighted by atomic mass is 10.1. The van der Waals surface area contributed by atoms with Gasteiger partial charge in [0.1, 0.15) is 0 Å². The maximum Gasteiger partial charge on any atom is 0.379 e. The molecule has 4 nitrogen and oxygen atoms in total. The molecule has 92 valence electrons. The Balaban J connectivity index is 3.13. The highest BCUT2D eigenvalue weighted by molar-refractivity contribution is 6.41. The van der Waals surface area contributed by atoms with Crippen molar-refractivity contribution in [1.82, 2.24) is 0 Å². The van der Waals surface area contributed by atoms with Crippen LogP contribution in [0.1, 0.15) is 22.8 Å². The van der Waals surface area contributed by atoms with Crippen LogP contribution >= 0.6 is 0 Å². The molecule has 0 amide bonds. The fourth-order valence-electron chi connectivity index (χ4n) is 1.51. The lowest BCUT2D eigenvalue weighted by Crippen LogP contribution is -2.21. The number of esters is 1. The first-order valence-electron chi connectivity index (χ1n) is 5.46. The zero-order chi connectivity index (χ0) is 13.0. The number of nitrogens with zero attached hydrogens (tertiary/aromatic N) is 1. The number of rotatable bonds is 4. The van der Waals surface area contributed by atoms with Gasteiger partial charge in [-0.1, -0.05) is 6.07 Å². The molecule has 0 aromatic heterocycles. The second-order valence-electron chi connectivity index (χ2n) is 3.96. The van der Waals surface area contributed by atoms with Crippen LogP contribution in [-0.2, 0) is 9.53 Å². The van der Waals surface area contributed by atoms with Crippen molar-refractivity contribution in [3.05, 3.63) is 29.3 Å². The average Bonchev–Trinajstić information content (AvgIpc) is 2.28. The first-order chi connectivity index (χ1) is 7.97. The van der Waals surface area contributed by atoms with E-state index >= 15 is 0 Å². The molecule has 0 unspecified atom stereocenters. The number of anilines is 1. The number of Topliss-reactive ketones (excluding diaryl/α,β-unsaturated/α-hetero) is 1. The molecule has 1 aromatic rings. The first kappa shape index (κ1) is 13.2. The minimum Gasteiger partial charge on any atom is -0.460 e. The lowest BCUT2D eigenvalue weighted by Gasteiger charge is -2.17. The summed E-state index contributed by atoms with van der Waals surface area (Å²) in [4.78, 5) is 25.1. The number of aryl methyl sites for hydroxylation is 1. The Morgan fingerprint density at radius 3 is 2.47 bits per heavy atom. The van der Waals surface area contributed by atoms with Gasteiger partial charge in [-0.15, -0.1) is 0 Å². The topological polar surface area (TPSA) is 46.6 Å². The molecule has 0 spiro atoms. The third-order valence-corrected chi connectivity index (χ3v) is 2.34. The number of hydrogen-bond acceptors (Lipinski definition) is 4. The molecule has 0 heterocycles. The minimum absolute atomic E-state index is 0.202. The number of carbonyl (C=O) groups excluding carboxylic acids is 2. The van der Waals surface area contributed by atoms with Crippen LogP contribution in [0.15, 0.2) is 18.2 Å². The van der Waals surface area contributed by atoms with Gasteiger partial charge in [0, 0.05) is 19.8 Å². The molecule has 0 aliphatic rings. The summed E-state index contributed by atoms with van der Waals surface area (Å²) in [6.07, 6.45) is 0. The van der Waals surface area contributed by atoms with E-state index in [1.165, 1.54) is 0 Å². The van der Waals surface area contributed by atoms with E-state index in [9.17, 15) is 9.59 Å². The Bertz CT molecular complexity index is 438. The summed E-state index contributed by atoms with van der Waals surface area (Å²) in [5.74, 6) is -1.41. The molecule has 0 aliphatic heterocycles. The third-order valence-electron chi connectivity index (χ3n) is 2.34. The molecule has 0 saturated heterocycles. The summed E-state index contributed by atoms with van der Waals surface area (Å²) in [5, 5.41) is 0. The molecule has 1 rings (SSSR count). The van der Waals surface area contributed by atoms with Crippen LogP contribution in [0.25, 0.3) is 0 Å². The maximum atomic E-state index is 11.9. The minimum atomic E-state index is -0.806. The van der Waals surface area contributed by atoms with Crippen LogP contribution in [-0.4, -0.2) is 32.5 Å². The monoisotopic (exact) mass is 235 g/mol. The highest BCUT2D eigenvalue weighted by Crippen LogP contribution is 2.21. The molecule has 0 bridgehead atoms. The SMILES string of the molecule is CCOC(=O)C(=O)c1ccc(C)cc1N(C)C. The van der Waals surface area contributed by atoms with Crippen molar-refractivity contribution in [1.29, 1.82) is 0 Å². The predicted molar refractivity (Wildman–Crippen MR) is 66.5 cm³/mol. The number of ether oxygens (including phenoxy) is 1. The molecule has 0 aliphatic carbocycles. The van der Waals surface area contributed by atoms with Crippen LogP contribution in [0, 0.1) is 6.92 Å². The van der Waals surface area contributed by atoms with E-state index in [1.807, 2.05) is 27.1 Å². The van der Waals surface area contributed by atoms with Gasteiger partial charge >= 0.3 is 5.97 Å². The van der Waals surface area contributed by atoms with E-state index in [0.29, 0.717) is 5.56 Å².